The van der Waals surface area contributed by atoms with Crippen LogP contribution in [0.1, 0.15) is 46.4 Å². The fourth-order valence-electron chi connectivity index (χ4n) is 3.87. The molecule has 1 fully saturated rings. The van der Waals surface area contributed by atoms with Crippen molar-refractivity contribution in [1.82, 2.24) is 25.0 Å². The van der Waals surface area contributed by atoms with E-state index < -0.39 is 0 Å². The number of likely N-dealkylation sites (N-methyl/N-ethyl adjacent to an activating group) is 1. The van der Waals surface area contributed by atoms with Gasteiger partial charge in [0.15, 0.2) is 0 Å². The van der Waals surface area contributed by atoms with Crippen LogP contribution in [0.3, 0.4) is 0 Å². The predicted octanol–water partition coefficient (Wildman–Crippen LogP) is 1.38. The summed E-state index contributed by atoms with van der Waals surface area (Å²) in [5.41, 5.74) is 1.50. The van der Waals surface area contributed by atoms with E-state index in [-0.39, 0.29) is 17.7 Å². The van der Waals surface area contributed by atoms with Crippen LogP contribution in [-0.2, 0) is 4.79 Å². The van der Waals surface area contributed by atoms with Crippen molar-refractivity contribution in [1.29, 1.82) is 0 Å². The summed E-state index contributed by atoms with van der Waals surface area (Å²) in [6.07, 6.45) is 3.28. The van der Waals surface area contributed by atoms with Crippen molar-refractivity contribution in [3.05, 3.63) is 47.5 Å². The third-order valence-corrected chi connectivity index (χ3v) is 5.29. The molecule has 1 unspecified atom stereocenters. The highest BCUT2D eigenvalue weighted by molar-refractivity contribution is 6.00. The molecule has 2 aliphatic rings. The first kappa shape index (κ1) is 15.8. The van der Waals surface area contributed by atoms with Crippen LogP contribution in [-0.4, -0.2) is 63.5 Å². The molecule has 0 radical (unpaired) electrons. The van der Waals surface area contributed by atoms with E-state index in [4.69, 9.17) is 0 Å². The highest BCUT2D eigenvalue weighted by Gasteiger charge is 2.36. The molecule has 1 N–H and O–H groups in total. The molecule has 2 amide bonds. The summed E-state index contributed by atoms with van der Waals surface area (Å²) in [4.78, 5) is 33.2. The van der Waals surface area contributed by atoms with Crippen molar-refractivity contribution in [2.24, 2.45) is 0 Å². The van der Waals surface area contributed by atoms with Gasteiger partial charge < -0.3 is 9.80 Å². The molecule has 2 aliphatic heterocycles. The molecule has 0 bridgehead atoms. The second-order valence-corrected chi connectivity index (χ2v) is 6.80. The van der Waals surface area contributed by atoms with Crippen molar-refractivity contribution in [2.45, 2.75) is 24.7 Å². The monoisotopic (exact) mass is 339 g/mol. The van der Waals surface area contributed by atoms with Gasteiger partial charge in [-0.3, -0.25) is 14.7 Å². The van der Waals surface area contributed by atoms with E-state index in [0.29, 0.717) is 31.1 Å². The molecule has 130 valence electrons. The van der Waals surface area contributed by atoms with Gasteiger partial charge in [-0.2, -0.15) is 5.10 Å². The number of amides is 2. The van der Waals surface area contributed by atoms with Gasteiger partial charge in [0.1, 0.15) is 12.2 Å². The van der Waals surface area contributed by atoms with Gasteiger partial charge in [-0.25, -0.2) is 4.98 Å². The first-order chi connectivity index (χ1) is 12.1. The van der Waals surface area contributed by atoms with Crippen molar-refractivity contribution < 1.29 is 9.59 Å². The topological polar surface area (TPSA) is 82.2 Å². The first-order valence-corrected chi connectivity index (χ1v) is 8.63. The third-order valence-electron chi connectivity index (χ3n) is 5.29. The first-order valence-electron chi connectivity index (χ1n) is 8.63. The summed E-state index contributed by atoms with van der Waals surface area (Å²) in [6, 6.07) is 7.46. The number of carbonyl (C=O) groups excluding carboxylic acids is 2. The number of aromatic amines is 1. The zero-order chi connectivity index (χ0) is 17.4. The average molecular weight is 339 g/mol. The summed E-state index contributed by atoms with van der Waals surface area (Å²) in [5, 5.41) is 6.84. The largest absolute Gasteiger partial charge is 0.342 e. The van der Waals surface area contributed by atoms with Gasteiger partial charge >= 0.3 is 0 Å². The highest BCUT2D eigenvalue weighted by atomic mass is 16.2. The van der Waals surface area contributed by atoms with Crippen LogP contribution in [0.5, 0.6) is 0 Å². The molecule has 1 aromatic heterocycles. The fourth-order valence-corrected chi connectivity index (χ4v) is 3.87. The minimum Gasteiger partial charge on any atom is -0.342 e. The normalized spacial score (nSPS) is 21.3. The van der Waals surface area contributed by atoms with E-state index in [1.54, 1.807) is 11.9 Å². The van der Waals surface area contributed by atoms with Gasteiger partial charge in [-0.15, -0.1) is 0 Å². The second kappa shape index (κ2) is 6.31. The number of likely N-dealkylation sites (tertiary alicyclic amines) is 1. The van der Waals surface area contributed by atoms with Crippen LogP contribution in [0, 0.1) is 0 Å². The van der Waals surface area contributed by atoms with E-state index >= 15 is 0 Å². The zero-order valence-electron chi connectivity index (χ0n) is 14.2. The quantitative estimate of drug-likeness (QED) is 0.896. The highest BCUT2D eigenvalue weighted by Crippen LogP contribution is 2.32. The van der Waals surface area contributed by atoms with E-state index in [1.807, 2.05) is 29.2 Å². The summed E-state index contributed by atoms with van der Waals surface area (Å²) in [6.45, 7) is 1.86. The van der Waals surface area contributed by atoms with Crippen LogP contribution in [0.15, 0.2) is 30.6 Å². The van der Waals surface area contributed by atoms with Gasteiger partial charge in [0.25, 0.3) is 5.91 Å². The molecule has 0 aliphatic carbocycles. The van der Waals surface area contributed by atoms with Gasteiger partial charge in [-0.1, -0.05) is 18.2 Å². The van der Waals surface area contributed by atoms with Crippen LogP contribution in [0.25, 0.3) is 0 Å². The number of nitrogens with one attached hydrogen (secondary N) is 1. The lowest BCUT2D eigenvalue weighted by atomic mass is 9.87. The van der Waals surface area contributed by atoms with Gasteiger partial charge in [0.2, 0.25) is 5.91 Å². The molecular weight excluding hydrogens is 318 g/mol. The molecule has 7 nitrogen and oxygen atoms in total. The Hall–Kier alpha value is -2.70. The SMILES string of the molecule is CN1CC(C(=O)N2CCC(c3ncn[nH]3)CC2)c2ccccc2C1=O. The zero-order valence-corrected chi connectivity index (χ0v) is 14.2. The maximum Gasteiger partial charge on any atom is 0.253 e. The lowest BCUT2D eigenvalue weighted by molar-refractivity contribution is -0.134. The number of hydrogen-bond donors (Lipinski definition) is 1. The number of aromatic nitrogens is 3. The summed E-state index contributed by atoms with van der Waals surface area (Å²) in [5.74, 6) is 1.06. The lowest BCUT2D eigenvalue weighted by Crippen LogP contribution is -2.46. The maximum absolute atomic E-state index is 13.1. The molecule has 1 atom stereocenters. The Morgan fingerprint density at radius 1 is 1.24 bits per heavy atom. The Kier molecular flexibility index (Phi) is 3.99. The van der Waals surface area contributed by atoms with Crippen molar-refractivity contribution in [2.75, 3.05) is 26.7 Å². The Bertz CT molecular complexity index is 781. The van der Waals surface area contributed by atoms with Crippen molar-refractivity contribution in [3.63, 3.8) is 0 Å². The molecule has 0 spiro atoms. The Morgan fingerprint density at radius 2 is 2.00 bits per heavy atom. The number of piperidine rings is 1. The number of benzene rings is 1. The Labute approximate surface area is 146 Å². The van der Waals surface area contributed by atoms with Crippen molar-refractivity contribution >= 4 is 11.8 Å². The molecule has 1 saturated heterocycles. The van der Waals surface area contributed by atoms with Gasteiger partial charge in [0, 0.05) is 38.2 Å². The minimum absolute atomic E-state index is 0.0105. The molecule has 0 saturated carbocycles. The molecule has 2 aromatic rings. The van der Waals surface area contributed by atoms with Crippen LogP contribution < -0.4 is 0 Å². The van der Waals surface area contributed by atoms with Gasteiger partial charge in [-0.05, 0) is 24.5 Å². The number of H-pyrrole nitrogens is 1. The Morgan fingerprint density at radius 3 is 2.72 bits per heavy atom. The summed E-state index contributed by atoms with van der Waals surface area (Å²) >= 11 is 0. The second-order valence-electron chi connectivity index (χ2n) is 6.80. The third kappa shape index (κ3) is 2.79. The van der Waals surface area contributed by atoms with Crippen LogP contribution >= 0.6 is 0 Å². The number of fused-ring (bicyclic) bond motifs is 1. The molecule has 25 heavy (non-hydrogen) atoms. The number of rotatable bonds is 2. The average Bonchev–Trinajstić information content (AvgIpc) is 3.19. The van der Waals surface area contributed by atoms with E-state index in [1.165, 1.54) is 6.33 Å². The smallest absolute Gasteiger partial charge is 0.253 e. The fraction of sp³-hybridized carbons (Fsp3) is 0.444. The van der Waals surface area contributed by atoms with Crippen LogP contribution in [0.4, 0.5) is 0 Å². The van der Waals surface area contributed by atoms with Gasteiger partial charge in [0.05, 0.1) is 5.92 Å². The predicted molar refractivity (Wildman–Crippen MR) is 91.1 cm³/mol. The van der Waals surface area contributed by atoms with E-state index in [0.717, 1.165) is 24.2 Å². The molecule has 3 heterocycles. The summed E-state index contributed by atoms with van der Waals surface area (Å²) in [7, 11) is 1.76. The molecule has 1 aromatic carbocycles. The van der Waals surface area contributed by atoms with E-state index in [9.17, 15) is 9.59 Å². The summed E-state index contributed by atoms with van der Waals surface area (Å²) < 4.78 is 0. The molecule has 7 heteroatoms. The Balaban J connectivity index is 1.50. The van der Waals surface area contributed by atoms with E-state index in [2.05, 4.69) is 15.2 Å². The lowest BCUT2D eigenvalue weighted by Gasteiger charge is -2.37. The molecule has 4 rings (SSSR count). The van der Waals surface area contributed by atoms with Crippen molar-refractivity contribution in [3.8, 4) is 0 Å². The molecular formula is C18H21N5O2. The number of hydrogen-bond acceptors (Lipinski definition) is 4. The number of carbonyl (C=O) groups is 2. The maximum atomic E-state index is 13.1. The number of nitrogens with zero attached hydrogens (tertiary/aromatic N) is 4. The standard InChI is InChI=1S/C18H21N5O2/c1-22-10-15(13-4-2-3-5-14(13)17(22)24)18(25)23-8-6-12(7-9-23)16-19-11-20-21-16/h2-5,11-12,15H,6-10H2,1H3,(H,19,20,21). The minimum atomic E-state index is -0.277. The van der Waals surface area contributed by atoms with Crippen LogP contribution in [0.2, 0.25) is 0 Å².